The number of likely N-dealkylation sites (tertiary alicyclic amines) is 1. The van der Waals surface area contributed by atoms with Crippen molar-refractivity contribution in [2.75, 3.05) is 25.5 Å². The first-order valence-electron chi connectivity index (χ1n) is 6.12. The normalized spacial score (nSPS) is 19.1. The summed E-state index contributed by atoms with van der Waals surface area (Å²) >= 11 is 3.32. The van der Waals surface area contributed by atoms with Crippen LogP contribution in [0.4, 0.5) is 0 Å². The molecule has 1 saturated heterocycles. The highest BCUT2D eigenvalue weighted by Crippen LogP contribution is 2.17. The molecule has 1 rings (SSSR count). The van der Waals surface area contributed by atoms with Crippen LogP contribution in [0.2, 0.25) is 0 Å². The lowest BCUT2D eigenvalue weighted by molar-refractivity contribution is -0.132. The average molecular weight is 291 g/mol. The fraction of sp³-hybridized carbons (Fsp3) is 0.917. The van der Waals surface area contributed by atoms with Crippen LogP contribution in [0.5, 0.6) is 0 Å². The molecule has 0 aromatic carbocycles. The first-order chi connectivity index (χ1) is 7.56. The molecule has 0 aliphatic carbocycles. The summed E-state index contributed by atoms with van der Waals surface area (Å²) in [6, 6.07) is 1.08. The number of rotatable bonds is 4. The molecule has 3 nitrogen and oxygen atoms in total. The van der Waals surface area contributed by atoms with Crippen molar-refractivity contribution in [3.05, 3.63) is 0 Å². The zero-order valence-corrected chi connectivity index (χ0v) is 12.2. The van der Waals surface area contributed by atoms with E-state index in [0.29, 0.717) is 18.5 Å². The third-order valence-corrected chi connectivity index (χ3v) is 3.88. The van der Waals surface area contributed by atoms with Gasteiger partial charge in [0.1, 0.15) is 0 Å². The van der Waals surface area contributed by atoms with Crippen molar-refractivity contribution in [1.82, 2.24) is 9.80 Å². The van der Waals surface area contributed by atoms with Gasteiger partial charge in [-0.1, -0.05) is 15.9 Å². The number of hydrogen-bond acceptors (Lipinski definition) is 2. The zero-order chi connectivity index (χ0) is 12.1. The van der Waals surface area contributed by atoms with Gasteiger partial charge in [0, 0.05) is 44.0 Å². The van der Waals surface area contributed by atoms with Crippen LogP contribution in [-0.4, -0.2) is 53.3 Å². The second-order valence-electron chi connectivity index (χ2n) is 4.80. The van der Waals surface area contributed by atoms with Gasteiger partial charge in [-0.2, -0.15) is 0 Å². The van der Waals surface area contributed by atoms with Gasteiger partial charge < -0.3 is 9.80 Å². The van der Waals surface area contributed by atoms with Gasteiger partial charge in [-0.15, -0.1) is 0 Å². The molecule has 0 atom stereocenters. The SMILES string of the molecule is CC(C)N1CCC(N(C)C(=O)CCBr)CC1. The lowest BCUT2D eigenvalue weighted by Crippen LogP contribution is -2.47. The molecule has 0 spiro atoms. The van der Waals surface area contributed by atoms with E-state index >= 15 is 0 Å². The summed E-state index contributed by atoms with van der Waals surface area (Å²) < 4.78 is 0. The van der Waals surface area contributed by atoms with Crippen LogP contribution < -0.4 is 0 Å². The highest BCUT2D eigenvalue weighted by Gasteiger charge is 2.25. The average Bonchev–Trinajstić information content (AvgIpc) is 2.28. The van der Waals surface area contributed by atoms with Crippen LogP contribution >= 0.6 is 15.9 Å². The van der Waals surface area contributed by atoms with Gasteiger partial charge in [0.25, 0.3) is 0 Å². The summed E-state index contributed by atoms with van der Waals surface area (Å²) in [5, 5.41) is 0.765. The standard InChI is InChI=1S/C12H23BrN2O/c1-10(2)15-8-5-11(6-9-15)14(3)12(16)4-7-13/h10-11H,4-9H2,1-3H3. The molecule has 16 heavy (non-hydrogen) atoms. The lowest BCUT2D eigenvalue weighted by Gasteiger charge is -2.38. The lowest BCUT2D eigenvalue weighted by atomic mass is 10.0. The molecule has 94 valence electrons. The Bertz CT molecular complexity index is 225. The third kappa shape index (κ3) is 3.74. The Morgan fingerprint density at radius 1 is 1.44 bits per heavy atom. The predicted octanol–water partition coefficient (Wildman–Crippen LogP) is 2.10. The van der Waals surface area contributed by atoms with Crippen LogP contribution in [0.3, 0.4) is 0 Å². The molecule has 1 aliphatic rings. The van der Waals surface area contributed by atoms with Crippen molar-refractivity contribution < 1.29 is 4.79 Å². The van der Waals surface area contributed by atoms with Gasteiger partial charge in [0.05, 0.1) is 0 Å². The fourth-order valence-electron chi connectivity index (χ4n) is 2.25. The molecular weight excluding hydrogens is 268 g/mol. The molecule has 4 heteroatoms. The van der Waals surface area contributed by atoms with Crippen LogP contribution in [0.1, 0.15) is 33.1 Å². The smallest absolute Gasteiger partial charge is 0.223 e. The summed E-state index contributed by atoms with van der Waals surface area (Å²) in [5.74, 6) is 0.264. The quantitative estimate of drug-likeness (QED) is 0.741. The Morgan fingerprint density at radius 2 is 2.00 bits per heavy atom. The maximum atomic E-state index is 11.7. The largest absolute Gasteiger partial charge is 0.343 e. The number of alkyl halides is 1. The molecular formula is C12H23BrN2O. The Labute approximate surface area is 107 Å². The second-order valence-corrected chi connectivity index (χ2v) is 5.60. The van der Waals surface area contributed by atoms with Gasteiger partial charge in [-0.25, -0.2) is 0 Å². The summed E-state index contributed by atoms with van der Waals surface area (Å²) in [6.07, 6.45) is 2.84. The molecule has 0 N–H and O–H groups in total. The van der Waals surface area contributed by atoms with Gasteiger partial charge in [-0.3, -0.25) is 4.79 Å². The van der Waals surface area contributed by atoms with Gasteiger partial charge >= 0.3 is 0 Å². The molecule has 1 heterocycles. The molecule has 0 radical (unpaired) electrons. The topological polar surface area (TPSA) is 23.6 Å². The Balaban J connectivity index is 2.38. The first-order valence-corrected chi connectivity index (χ1v) is 7.24. The molecule has 0 bridgehead atoms. The van der Waals surface area contributed by atoms with Gasteiger partial charge in [0.15, 0.2) is 0 Å². The van der Waals surface area contributed by atoms with Crippen LogP contribution in [0.15, 0.2) is 0 Å². The van der Waals surface area contributed by atoms with Crippen LogP contribution in [0.25, 0.3) is 0 Å². The van der Waals surface area contributed by atoms with Crippen molar-refractivity contribution in [3.63, 3.8) is 0 Å². The summed E-state index contributed by atoms with van der Waals surface area (Å²) in [5.41, 5.74) is 0. The maximum absolute atomic E-state index is 11.7. The van der Waals surface area contributed by atoms with Crippen molar-refractivity contribution in [2.45, 2.75) is 45.2 Å². The zero-order valence-electron chi connectivity index (χ0n) is 10.6. The number of piperidine rings is 1. The highest BCUT2D eigenvalue weighted by molar-refractivity contribution is 9.09. The number of amides is 1. The summed E-state index contributed by atoms with van der Waals surface area (Å²) in [6.45, 7) is 6.71. The van der Waals surface area contributed by atoms with E-state index in [4.69, 9.17) is 0 Å². The van der Waals surface area contributed by atoms with E-state index in [9.17, 15) is 4.79 Å². The van der Waals surface area contributed by atoms with E-state index in [0.717, 1.165) is 31.3 Å². The molecule has 1 fully saturated rings. The van der Waals surface area contributed by atoms with Gasteiger partial charge in [-0.05, 0) is 26.7 Å². The van der Waals surface area contributed by atoms with Gasteiger partial charge in [0.2, 0.25) is 5.91 Å². The van der Waals surface area contributed by atoms with E-state index in [1.807, 2.05) is 11.9 Å². The molecule has 1 amide bonds. The van der Waals surface area contributed by atoms with Crippen LogP contribution in [0, 0.1) is 0 Å². The van der Waals surface area contributed by atoms with E-state index in [-0.39, 0.29) is 5.91 Å². The number of carbonyl (C=O) groups excluding carboxylic acids is 1. The molecule has 0 aromatic rings. The van der Waals surface area contributed by atoms with E-state index in [2.05, 4.69) is 34.7 Å². The number of carbonyl (C=O) groups is 1. The third-order valence-electron chi connectivity index (χ3n) is 3.48. The summed E-state index contributed by atoms with van der Waals surface area (Å²) in [7, 11) is 1.95. The van der Waals surface area contributed by atoms with Crippen molar-refractivity contribution in [2.24, 2.45) is 0 Å². The van der Waals surface area contributed by atoms with Crippen LogP contribution in [-0.2, 0) is 4.79 Å². The van der Waals surface area contributed by atoms with Crippen molar-refractivity contribution in [3.8, 4) is 0 Å². The maximum Gasteiger partial charge on any atom is 0.223 e. The first kappa shape index (κ1) is 14.0. The Hall–Kier alpha value is -0.0900. The minimum Gasteiger partial charge on any atom is -0.343 e. The monoisotopic (exact) mass is 290 g/mol. The molecule has 0 saturated carbocycles. The minimum atomic E-state index is 0.264. The number of hydrogen-bond donors (Lipinski definition) is 0. The highest BCUT2D eigenvalue weighted by atomic mass is 79.9. The Morgan fingerprint density at radius 3 is 2.44 bits per heavy atom. The molecule has 0 aromatic heterocycles. The minimum absolute atomic E-state index is 0.264. The predicted molar refractivity (Wildman–Crippen MR) is 70.9 cm³/mol. The second kappa shape index (κ2) is 6.60. The Kier molecular flexibility index (Phi) is 5.76. The van der Waals surface area contributed by atoms with Crippen molar-refractivity contribution in [1.29, 1.82) is 0 Å². The van der Waals surface area contributed by atoms with E-state index in [1.165, 1.54) is 0 Å². The fourth-order valence-corrected chi connectivity index (χ4v) is 2.59. The number of nitrogens with zero attached hydrogens (tertiary/aromatic N) is 2. The van der Waals surface area contributed by atoms with E-state index < -0.39 is 0 Å². The molecule has 0 unspecified atom stereocenters. The van der Waals surface area contributed by atoms with Crippen molar-refractivity contribution >= 4 is 21.8 Å². The number of halogens is 1. The molecule has 1 aliphatic heterocycles. The summed E-state index contributed by atoms with van der Waals surface area (Å²) in [4.78, 5) is 16.2. The van der Waals surface area contributed by atoms with E-state index in [1.54, 1.807) is 0 Å².